The Morgan fingerprint density at radius 3 is 2.64 bits per heavy atom. The predicted octanol–water partition coefficient (Wildman–Crippen LogP) is 1.63. The minimum Gasteiger partial charge on any atom is -0.392 e. The molecule has 1 aromatic rings. The van der Waals surface area contributed by atoms with Gasteiger partial charge in [-0.3, -0.25) is 0 Å². The van der Waals surface area contributed by atoms with Crippen LogP contribution in [0.3, 0.4) is 0 Å². The zero-order chi connectivity index (χ0) is 10.4. The Hall–Kier alpha value is -1.60. The molecule has 1 aromatic carbocycles. The Morgan fingerprint density at radius 1 is 1.50 bits per heavy atom. The van der Waals surface area contributed by atoms with Gasteiger partial charge in [0.2, 0.25) is 0 Å². The topological polar surface area (TPSA) is 61.8 Å². The summed E-state index contributed by atoms with van der Waals surface area (Å²) < 4.78 is 0. The van der Waals surface area contributed by atoms with Crippen LogP contribution in [0.2, 0.25) is 0 Å². The average molecular weight is 205 g/mol. The largest absolute Gasteiger partial charge is 0.392 e. The third-order valence-electron chi connectivity index (χ3n) is 1.51. The van der Waals surface area contributed by atoms with Crippen molar-refractivity contribution in [2.24, 2.45) is 5.73 Å². The van der Waals surface area contributed by atoms with Crippen LogP contribution in [0.25, 0.3) is 0 Å². The minimum atomic E-state index is 0.658. The van der Waals surface area contributed by atoms with Gasteiger partial charge in [0.15, 0.2) is 0 Å². The molecule has 4 heteroatoms. The minimum absolute atomic E-state index is 0.658. The van der Waals surface area contributed by atoms with Gasteiger partial charge in [-0.05, 0) is 24.3 Å². The maximum absolute atomic E-state index is 8.59. The first kappa shape index (κ1) is 10.5. The van der Waals surface area contributed by atoms with Crippen LogP contribution in [0.15, 0.2) is 40.4 Å². The molecule has 0 saturated carbocycles. The van der Waals surface area contributed by atoms with Crippen LogP contribution >= 0.6 is 11.8 Å². The number of thioether (sulfide) groups is 1. The van der Waals surface area contributed by atoms with Crippen molar-refractivity contribution in [3.63, 3.8) is 0 Å². The Kier molecular flexibility index (Phi) is 3.89. The van der Waals surface area contributed by atoms with Crippen LogP contribution in [-0.4, -0.2) is 7.05 Å². The fraction of sp³-hybridized carbons (Fsp3) is 0.100. The van der Waals surface area contributed by atoms with Gasteiger partial charge in [0.1, 0.15) is 0 Å². The number of rotatable bonds is 3. The van der Waals surface area contributed by atoms with E-state index in [1.54, 1.807) is 25.4 Å². The van der Waals surface area contributed by atoms with E-state index in [4.69, 9.17) is 11.0 Å². The van der Waals surface area contributed by atoms with Crippen LogP contribution in [0, 0.1) is 11.3 Å². The zero-order valence-corrected chi connectivity index (χ0v) is 8.64. The van der Waals surface area contributed by atoms with Crippen LogP contribution < -0.4 is 11.1 Å². The highest BCUT2D eigenvalue weighted by Gasteiger charge is 1.96. The van der Waals surface area contributed by atoms with E-state index in [0.29, 0.717) is 10.6 Å². The van der Waals surface area contributed by atoms with Gasteiger partial charge >= 0.3 is 0 Å². The van der Waals surface area contributed by atoms with Crippen molar-refractivity contribution in [3.8, 4) is 6.07 Å². The Balaban J connectivity index is 2.70. The monoisotopic (exact) mass is 205 g/mol. The number of nitrogens with zero attached hydrogens (tertiary/aromatic N) is 1. The number of nitriles is 1. The number of benzene rings is 1. The first-order valence-corrected chi connectivity index (χ1v) is 4.89. The molecule has 0 spiro atoms. The Morgan fingerprint density at radius 2 is 2.14 bits per heavy atom. The van der Waals surface area contributed by atoms with Gasteiger partial charge in [0, 0.05) is 18.1 Å². The summed E-state index contributed by atoms with van der Waals surface area (Å²) in [4.78, 5) is 1.02. The summed E-state index contributed by atoms with van der Waals surface area (Å²) in [6.07, 6.45) is 1.73. The molecule has 0 aromatic heterocycles. The molecule has 0 amide bonds. The molecule has 0 aliphatic heterocycles. The molecule has 72 valence electrons. The second kappa shape index (κ2) is 5.20. The smallest absolute Gasteiger partial charge is 0.0991 e. The van der Waals surface area contributed by atoms with E-state index in [1.165, 1.54) is 11.8 Å². The molecule has 0 saturated heterocycles. The van der Waals surface area contributed by atoms with E-state index in [2.05, 4.69) is 11.4 Å². The molecule has 3 nitrogen and oxygen atoms in total. The maximum atomic E-state index is 8.59. The van der Waals surface area contributed by atoms with Gasteiger partial charge in [-0.1, -0.05) is 11.8 Å². The summed E-state index contributed by atoms with van der Waals surface area (Å²) in [5.74, 6) is 0. The standard InChI is InChI=1S/C10H11N3S/c1-13-7-10(12)14-9-4-2-8(6-11)3-5-9/h2-5,7,13H,12H2,1H3/b10-7+. The molecule has 0 heterocycles. The molecule has 0 atom stereocenters. The predicted molar refractivity (Wildman–Crippen MR) is 58.3 cm³/mol. The zero-order valence-electron chi connectivity index (χ0n) is 7.82. The van der Waals surface area contributed by atoms with Gasteiger partial charge in [-0.15, -0.1) is 0 Å². The first-order chi connectivity index (χ1) is 6.76. The van der Waals surface area contributed by atoms with Crippen molar-refractivity contribution < 1.29 is 0 Å². The SMILES string of the molecule is CN/C=C(\N)Sc1ccc(C#N)cc1. The molecule has 0 fully saturated rings. The molecular weight excluding hydrogens is 194 g/mol. The summed E-state index contributed by atoms with van der Waals surface area (Å²) in [6, 6.07) is 9.36. The summed E-state index contributed by atoms with van der Waals surface area (Å²) in [7, 11) is 1.80. The van der Waals surface area contributed by atoms with Crippen LogP contribution in [0.5, 0.6) is 0 Å². The van der Waals surface area contributed by atoms with Crippen molar-refractivity contribution in [3.05, 3.63) is 41.1 Å². The second-order valence-electron chi connectivity index (χ2n) is 2.57. The highest BCUT2D eigenvalue weighted by Crippen LogP contribution is 2.22. The molecule has 14 heavy (non-hydrogen) atoms. The Labute approximate surface area is 87.6 Å². The molecule has 0 aliphatic rings. The van der Waals surface area contributed by atoms with E-state index < -0.39 is 0 Å². The fourth-order valence-electron chi connectivity index (χ4n) is 0.905. The lowest BCUT2D eigenvalue weighted by atomic mass is 10.2. The average Bonchev–Trinajstić information content (AvgIpc) is 2.19. The molecule has 3 N–H and O–H groups in total. The van der Waals surface area contributed by atoms with E-state index in [-0.39, 0.29) is 0 Å². The fourth-order valence-corrected chi connectivity index (χ4v) is 1.63. The van der Waals surface area contributed by atoms with Gasteiger partial charge in [0.05, 0.1) is 16.7 Å². The lowest BCUT2D eigenvalue weighted by molar-refractivity contribution is 1.09. The van der Waals surface area contributed by atoms with Crippen LogP contribution in [0.4, 0.5) is 0 Å². The summed E-state index contributed by atoms with van der Waals surface area (Å²) in [5.41, 5.74) is 6.34. The van der Waals surface area contributed by atoms with Gasteiger partial charge < -0.3 is 11.1 Å². The quantitative estimate of drug-likeness (QED) is 0.736. The highest BCUT2D eigenvalue weighted by atomic mass is 32.2. The van der Waals surface area contributed by atoms with E-state index in [0.717, 1.165) is 4.90 Å². The number of nitrogens with two attached hydrogens (primary N) is 1. The molecule has 1 rings (SSSR count). The van der Waals surface area contributed by atoms with Crippen LogP contribution in [0.1, 0.15) is 5.56 Å². The molecule has 0 aliphatic carbocycles. The van der Waals surface area contributed by atoms with Crippen molar-refractivity contribution in [2.45, 2.75) is 4.90 Å². The highest BCUT2D eigenvalue weighted by molar-refractivity contribution is 8.03. The molecule has 0 bridgehead atoms. The lowest BCUT2D eigenvalue weighted by Gasteiger charge is -2.01. The molecule has 0 unspecified atom stereocenters. The third kappa shape index (κ3) is 3.04. The van der Waals surface area contributed by atoms with Gasteiger partial charge in [-0.25, -0.2) is 0 Å². The van der Waals surface area contributed by atoms with Crippen LogP contribution in [-0.2, 0) is 0 Å². The van der Waals surface area contributed by atoms with E-state index in [9.17, 15) is 0 Å². The summed E-state index contributed by atoms with van der Waals surface area (Å²) in [5, 5.41) is 12.1. The summed E-state index contributed by atoms with van der Waals surface area (Å²) >= 11 is 1.45. The second-order valence-corrected chi connectivity index (χ2v) is 3.72. The Bertz CT molecular complexity index is 362. The number of hydrogen-bond acceptors (Lipinski definition) is 4. The van der Waals surface area contributed by atoms with Crippen molar-refractivity contribution >= 4 is 11.8 Å². The molecule has 0 radical (unpaired) electrons. The molecular formula is C10H11N3S. The summed E-state index contributed by atoms with van der Waals surface area (Å²) in [6.45, 7) is 0. The lowest BCUT2D eigenvalue weighted by Crippen LogP contribution is -2.00. The normalized spacial score (nSPS) is 10.7. The third-order valence-corrected chi connectivity index (χ3v) is 2.37. The van der Waals surface area contributed by atoms with Gasteiger partial charge in [0.25, 0.3) is 0 Å². The number of hydrogen-bond donors (Lipinski definition) is 2. The van der Waals surface area contributed by atoms with E-state index in [1.807, 2.05) is 12.1 Å². The number of nitrogens with one attached hydrogen (secondary N) is 1. The van der Waals surface area contributed by atoms with Crippen molar-refractivity contribution in [1.82, 2.24) is 5.32 Å². The van der Waals surface area contributed by atoms with E-state index >= 15 is 0 Å². The first-order valence-electron chi connectivity index (χ1n) is 4.07. The van der Waals surface area contributed by atoms with Crippen molar-refractivity contribution in [1.29, 1.82) is 5.26 Å². The van der Waals surface area contributed by atoms with Gasteiger partial charge in [-0.2, -0.15) is 5.26 Å². The van der Waals surface area contributed by atoms with Crippen molar-refractivity contribution in [2.75, 3.05) is 7.05 Å². The maximum Gasteiger partial charge on any atom is 0.0991 e.